The molecule has 2 rings (SSSR count). The van der Waals surface area contributed by atoms with Gasteiger partial charge in [-0.1, -0.05) is 42.5 Å². The lowest BCUT2D eigenvalue weighted by Crippen LogP contribution is -2.39. The molecular formula is C19H21NO4. The Morgan fingerprint density at radius 1 is 1.08 bits per heavy atom. The third-order valence-electron chi connectivity index (χ3n) is 3.32. The van der Waals surface area contributed by atoms with Gasteiger partial charge in [0, 0.05) is 0 Å². The summed E-state index contributed by atoms with van der Waals surface area (Å²) >= 11 is 0. The van der Waals surface area contributed by atoms with Crippen LogP contribution >= 0.6 is 0 Å². The fourth-order valence-electron chi connectivity index (χ4n) is 2.04. The van der Waals surface area contributed by atoms with Crippen LogP contribution in [0.2, 0.25) is 0 Å². The first kappa shape index (κ1) is 17.5. The summed E-state index contributed by atoms with van der Waals surface area (Å²) in [6.45, 7) is 3.57. The van der Waals surface area contributed by atoms with Gasteiger partial charge in [-0.05, 0) is 37.1 Å². The second-order valence-corrected chi connectivity index (χ2v) is 5.44. The summed E-state index contributed by atoms with van der Waals surface area (Å²) in [6.07, 6.45) is -0.700. The molecular weight excluding hydrogens is 306 g/mol. The number of carbonyl (C=O) groups excluding carboxylic acids is 2. The van der Waals surface area contributed by atoms with Gasteiger partial charge in [-0.25, -0.2) is 0 Å². The first-order valence-electron chi connectivity index (χ1n) is 7.75. The Hall–Kier alpha value is -2.82. The maximum Gasteiger partial charge on any atom is 0.325 e. The Kier molecular flexibility index (Phi) is 6.37. The first-order chi connectivity index (χ1) is 11.5. The average Bonchev–Trinajstić information content (AvgIpc) is 2.58. The number of benzene rings is 2. The Morgan fingerprint density at radius 2 is 1.83 bits per heavy atom. The molecule has 2 aromatic carbocycles. The monoisotopic (exact) mass is 327 g/mol. The lowest BCUT2D eigenvalue weighted by Gasteiger charge is -2.14. The van der Waals surface area contributed by atoms with Crippen molar-refractivity contribution in [2.45, 2.75) is 26.6 Å². The molecule has 0 unspecified atom stereocenters. The fourth-order valence-corrected chi connectivity index (χ4v) is 2.04. The standard InChI is InChI=1S/C19H21NO4/c1-14-7-6-10-17(11-14)24-15(2)19(22)20-12-18(21)23-13-16-8-4-3-5-9-16/h3-11,15H,12-13H2,1-2H3,(H,20,22)/t15-/m1/s1. The molecule has 1 N–H and O–H groups in total. The van der Waals surface area contributed by atoms with Gasteiger partial charge < -0.3 is 14.8 Å². The van der Waals surface area contributed by atoms with E-state index in [-0.39, 0.29) is 19.1 Å². The van der Waals surface area contributed by atoms with Gasteiger partial charge in [0.25, 0.3) is 5.91 Å². The van der Waals surface area contributed by atoms with Gasteiger partial charge in [0.05, 0.1) is 0 Å². The van der Waals surface area contributed by atoms with E-state index < -0.39 is 12.1 Å². The number of hydrogen-bond acceptors (Lipinski definition) is 4. The third-order valence-corrected chi connectivity index (χ3v) is 3.32. The van der Waals surface area contributed by atoms with E-state index in [0.29, 0.717) is 5.75 Å². The molecule has 2 aromatic rings. The highest BCUT2D eigenvalue weighted by atomic mass is 16.5. The summed E-state index contributed by atoms with van der Waals surface area (Å²) < 4.78 is 10.7. The normalized spacial score (nSPS) is 11.4. The average molecular weight is 327 g/mol. The van der Waals surface area contributed by atoms with Crippen molar-refractivity contribution in [1.82, 2.24) is 5.32 Å². The number of rotatable bonds is 7. The van der Waals surface area contributed by atoms with Crippen LogP contribution in [0.15, 0.2) is 54.6 Å². The van der Waals surface area contributed by atoms with Crippen LogP contribution in [0, 0.1) is 6.92 Å². The van der Waals surface area contributed by atoms with Crippen molar-refractivity contribution in [2.75, 3.05) is 6.54 Å². The summed E-state index contributed by atoms with van der Waals surface area (Å²) in [7, 11) is 0. The molecule has 5 nitrogen and oxygen atoms in total. The second-order valence-electron chi connectivity index (χ2n) is 5.44. The van der Waals surface area contributed by atoms with E-state index in [1.54, 1.807) is 13.0 Å². The van der Waals surface area contributed by atoms with Gasteiger partial charge in [-0.2, -0.15) is 0 Å². The van der Waals surface area contributed by atoms with Crippen molar-refractivity contribution in [3.63, 3.8) is 0 Å². The number of carbonyl (C=O) groups is 2. The van der Waals surface area contributed by atoms with E-state index in [1.807, 2.05) is 55.5 Å². The molecule has 126 valence electrons. The zero-order chi connectivity index (χ0) is 17.4. The third kappa shape index (κ3) is 5.76. The number of nitrogens with one attached hydrogen (secondary N) is 1. The quantitative estimate of drug-likeness (QED) is 0.794. The highest BCUT2D eigenvalue weighted by Crippen LogP contribution is 2.14. The molecule has 0 spiro atoms. The van der Waals surface area contributed by atoms with E-state index in [2.05, 4.69) is 5.32 Å². The van der Waals surface area contributed by atoms with E-state index in [9.17, 15) is 9.59 Å². The van der Waals surface area contributed by atoms with Gasteiger partial charge in [0.2, 0.25) is 0 Å². The Morgan fingerprint density at radius 3 is 2.54 bits per heavy atom. The molecule has 0 aromatic heterocycles. The molecule has 1 atom stereocenters. The van der Waals surface area contributed by atoms with Crippen LogP contribution < -0.4 is 10.1 Å². The van der Waals surface area contributed by atoms with E-state index in [1.165, 1.54) is 0 Å². The zero-order valence-corrected chi connectivity index (χ0v) is 13.8. The minimum absolute atomic E-state index is 0.185. The maximum absolute atomic E-state index is 12.0. The summed E-state index contributed by atoms with van der Waals surface area (Å²) in [6, 6.07) is 16.8. The number of aryl methyl sites for hydroxylation is 1. The van der Waals surface area contributed by atoms with E-state index >= 15 is 0 Å². The topological polar surface area (TPSA) is 64.6 Å². The van der Waals surface area contributed by atoms with Crippen molar-refractivity contribution in [3.8, 4) is 5.75 Å². The van der Waals surface area contributed by atoms with Gasteiger partial charge in [0.15, 0.2) is 6.10 Å². The lowest BCUT2D eigenvalue weighted by atomic mass is 10.2. The van der Waals surface area contributed by atoms with Crippen molar-refractivity contribution in [3.05, 3.63) is 65.7 Å². The molecule has 0 heterocycles. The fraction of sp³-hybridized carbons (Fsp3) is 0.263. The minimum Gasteiger partial charge on any atom is -0.481 e. The van der Waals surface area contributed by atoms with Crippen molar-refractivity contribution < 1.29 is 19.1 Å². The second kappa shape index (κ2) is 8.72. The molecule has 1 amide bonds. The van der Waals surface area contributed by atoms with Gasteiger partial charge in [-0.15, -0.1) is 0 Å². The molecule has 0 saturated carbocycles. The molecule has 0 bridgehead atoms. The predicted octanol–water partition coefficient (Wildman–Crippen LogP) is 2.62. The van der Waals surface area contributed by atoms with Crippen molar-refractivity contribution >= 4 is 11.9 Å². The Bertz CT molecular complexity index is 685. The van der Waals surface area contributed by atoms with Gasteiger partial charge in [0.1, 0.15) is 18.9 Å². The van der Waals surface area contributed by atoms with Crippen LogP contribution in [0.5, 0.6) is 5.75 Å². The molecule has 0 saturated heterocycles. The van der Waals surface area contributed by atoms with Crippen LogP contribution in [0.3, 0.4) is 0 Å². The summed E-state index contributed by atoms with van der Waals surface area (Å²) in [5, 5.41) is 2.51. The first-order valence-corrected chi connectivity index (χ1v) is 7.75. The lowest BCUT2D eigenvalue weighted by molar-refractivity contribution is -0.145. The maximum atomic E-state index is 12.0. The van der Waals surface area contributed by atoms with Crippen LogP contribution in [0.25, 0.3) is 0 Å². The van der Waals surface area contributed by atoms with Gasteiger partial charge in [-0.3, -0.25) is 9.59 Å². The largest absolute Gasteiger partial charge is 0.481 e. The van der Waals surface area contributed by atoms with E-state index in [4.69, 9.17) is 9.47 Å². The van der Waals surface area contributed by atoms with Crippen LogP contribution in [-0.2, 0) is 20.9 Å². The molecule has 0 aliphatic rings. The zero-order valence-electron chi connectivity index (χ0n) is 13.8. The van der Waals surface area contributed by atoms with Crippen molar-refractivity contribution in [2.24, 2.45) is 0 Å². The number of esters is 1. The summed E-state index contributed by atoms with van der Waals surface area (Å²) in [5.74, 6) is -0.243. The van der Waals surface area contributed by atoms with Gasteiger partial charge >= 0.3 is 5.97 Å². The smallest absolute Gasteiger partial charge is 0.325 e. The minimum atomic E-state index is -0.700. The number of ether oxygens (including phenoxy) is 2. The summed E-state index contributed by atoms with van der Waals surface area (Å²) in [5.41, 5.74) is 1.94. The number of hydrogen-bond donors (Lipinski definition) is 1. The van der Waals surface area contributed by atoms with Crippen LogP contribution in [0.4, 0.5) is 0 Å². The van der Waals surface area contributed by atoms with E-state index in [0.717, 1.165) is 11.1 Å². The summed E-state index contributed by atoms with van der Waals surface area (Å²) in [4.78, 5) is 23.6. The molecule has 0 aliphatic heterocycles. The van der Waals surface area contributed by atoms with Crippen LogP contribution in [0.1, 0.15) is 18.1 Å². The SMILES string of the molecule is Cc1cccc(O[C@H](C)C(=O)NCC(=O)OCc2ccccc2)c1. The molecule has 5 heteroatoms. The predicted molar refractivity (Wildman–Crippen MR) is 90.5 cm³/mol. The molecule has 0 fully saturated rings. The molecule has 0 aliphatic carbocycles. The Balaban J connectivity index is 1.72. The molecule has 0 radical (unpaired) electrons. The van der Waals surface area contributed by atoms with Crippen LogP contribution in [-0.4, -0.2) is 24.5 Å². The number of amides is 1. The van der Waals surface area contributed by atoms with Crippen molar-refractivity contribution in [1.29, 1.82) is 0 Å². The highest BCUT2D eigenvalue weighted by molar-refractivity contribution is 5.84. The molecule has 24 heavy (non-hydrogen) atoms. The highest BCUT2D eigenvalue weighted by Gasteiger charge is 2.16. The Labute approximate surface area is 141 Å².